The van der Waals surface area contributed by atoms with E-state index in [0.717, 1.165) is 33.4 Å². The summed E-state index contributed by atoms with van der Waals surface area (Å²) in [5, 5.41) is 0. The quantitative estimate of drug-likeness (QED) is 0.604. The van der Waals surface area contributed by atoms with Crippen LogP contribution in [0.4, 0.5) is 0 Å². The molecular formula is C13H16BrNOS2. The van der Waals surface area contributed by atoms with Crippen molar-refractivity contribution in [3.05, 3.63) is 28.7 Å². The smallest absolute Gasteiger partial charge is 0.136 e. The van der Waals surface area contributed by atoms with Gasteiger partial charge in [-0.1, -0.05) is 39.9 Å². The van der Waals surface area contributed by atoms with Gasteiger partial charge in [-0.2, -0.15) is 0 Å². The second-order valence-electron chi connectivity index (χ2n) is 4.11. The molecule has 1 aromatic rings. The van der Waals surface area contributed by atoms with Gasteiger partial charge in [-0.05, 0) is 37.1 Å². The number of hydrogen-bond donors (Lipinski definition) is 0. The summed E-state index contributed by atoms with van der Waals surface area (Å²) < 4.78 is 7.74. The highest BCUT2D eigenvalue weighted by Crippen LogP contribution is 2.18. The van der Waals surface area contributed by atoms with Gasteiger partial charge in [0.25, 0.3) is 0 Å². The summed E-state index contributed by atoms with van der Waals surface area (Å²) >= 11 is 10.5. The van der Waals surface area contributed by atoms with Crippen molar-refractivity contribution >= 4 is 44.2 Å². The fraction of sp³-hybridized carbons (Fsp3) is 0.462. The second kappa shape index (κ2) is 7.36. The zero-order valence-electron chi connectivity index (χ0n) is 10.1. The Morgan fingerprint density at radius 3 is 2.61 bits per heavy atom. The van der Waals surface area contributed by atoms with Crippen LogP contribution in [0.1, 0.15) is 12.8 Å². The maximum absolute atomic E-state index is 5.65. The number of nitrogens with zero attached hydrogens (tertiary/aromatic N) is 1. The molecule has 1 heterocycles. The van der Waals surface area contributed by atoms with E-state index < -0.39 is 0 Å². The van der Waals surface area contributed by atoms with Gasteiger partial charge in [0.2, 0.25) is 0 Å². The Hall–Kier alpha value is -0.260. The Balaban J connectivity index is 1.63. The topological polar surface area (TPSA) is 12.5 Å². The maximum Gasteiger partial charge on any atom is 0.136 e. The van der Waals surface area contributed by atoms with E-state index in [1.54, 1.807) is 11.8 Å². The highest BCUT2D eigenvalue weighted by atomic mass is 79.9. The van der Waals surface area contributed by atoms with E-state index in [1.807, 2.05) is 24.3 Å². The van der Waals surface area contributed by atoms with Crippen LogP contribution in [0.2, 0.25) is 0 Å². The third-order valence-corrected chi connectivity index (χ3v) is 4.77. The summed E-state index contributed by atoms with van der Waals surface area (Å²) in [6, 6.07) is 7.90. The molecule has 0 unspecified atom stereocenters. The molecule has 2 nitrogen and oxygen atoms in total. The highest BCUT2D eigenvalue weighted by molar-refractivity contribution is 9.10. The molecule has 0 N–H and O–H groups in total. The van der Waals surface area contributed by atoms with Gasteiger partial charge in [0, 0.05) is 23.3 Å². The van der Waals surface area contributed by atoms with E-state index in [0.29, 0.717) is 6.61 Å². The van der Waals surface area contributed by atoms with Gasteiger partial charge in [0.05, 0.1) is 6.61 Å². The lowest BCUT2D eigenvalue weighted by Gasteiger charge is -2.17. The Kier molecular flexibility index (Phi) is 5.79. The summed E-state index contributed by atoms with van der Waals surface area (Å²) in [5.41, 5.74) is 0. The molecule has 1 aliphatic rings. The third-order valence-electron chi connectivity index (χ3n) is 2.76. The minimum Gasteiger partial charge on any atom is -0.493 e. The summed E-state index contributed by atoms with van der Waals surface area (Å²) in [4.78, 5) is 2.29. The van der Waals surface area contributed by atoms with Gasteiger partial charge in [-0.15, -0.1) is 0 Å². The number of thioether (sulfide) groups is 1. The van der Waals surface area contributed by atoms with Crippen molar-refractivity contribution in [2.75, 3.05) is 25.4 Å². The number of ether oxygens (including phenoxy) is 1. The lowest BCUT2D eigenvalue weighted by molar-refractivity contribution is 0.344. The van der Waals surface area contributed by atoms with Crippen LogP contribution in [0.5, 0.6) is 5.75 Å². The molecular weight excluding hydrogens is 330 g/mol. The Morgan fingerprint density at radius 1 is 1.28 bits per heavy atom. The van der Waals surface area contributed by atoms with Crippen LogP contribution in [0.25, 0.3) is 0 Å². The van der Waals surface area contributed by atoms with E-state index in [4.69, 9.17) is 17.0 Å². The van der Waals surface area contributed by atoms with E-state index in [-0.39, 0.29) is 0 Å². The van der Waals surface area contributed by atoms with Crippen molar-refractivity contribution in [3.63, 3.8) is 0 Å². The molecule has 0 atom stereocenters. The van der Waals surface area contributed by atoms with Crippen LogP contribution in [0.3, 0.4) is 0 Å². The number of thiocarbonyl (C=S) groups is 1. The molecule has 98 valence electrons. The van der Waals surface area contributed by atoms with E-state index >= 15 is 0 Å². The SMILES string of the molecule is S=C(SCCOc1ccc(Br)cc1)N1CCCC1. The van der Waals surface area contributed by atoms with Crippen LogP contribution in [-0.4, -0.2) is 34.7 Å². The predicted octanol–water partition coefficient (Wildman–Crippen LogP) is 3.94. The fourth-order valence-electron chi connectivity index (χ4n) is 1.81. The molecule has 1 saturated heterocycles. The van der Waals surface area contributed by atoms with Crippen LogP contribution in [0.15, 0.2) is 28.7 Å². The lowest BCUT2D eigenvalue weighted by Crippen LogP contribution is -2.24. The summed E-state index contributed by atoms with van der Waals surface area (Å²) in [7, 11) is 0. The zero-order valence-corrected chi connectivity index (χ0v) is 13.3. The standard InChI is InChI=1S/C13H16BrNOS2/c14-11-3-5-12(6-4-11)16-9-10-18-13(17)15-7-1-2-8-15/h3-6H,1-2,7-10H2. The van der Waals surface area contributed by atoms with E-state index in [1.165, 1.54) is 12.8 Å². The maximum atomic E-state index is 5.65. The number of hydrogen-bond acceptors (Lipinski definition) is 3. The van der Waals surface area contributed by atoms with Gasteiger partial charge < -0.3 is 9.64 Å². The van der Waals surface area contributed by atoms with Gasteiger partial charge in [-0.3, -0.25) is 0 Å². The first-order valence-corrected chi connectivity index (χ1v) is 8.24. The molecule has 0 saturated carbocycles. The molecule has 0 aromatic heterocycles. The van der Waals surface area contributed by atoms with Crippen molar-refractivity contribution < 1.29 is 4.74 Å². The van der Waals surface area contributed by atoms with Crippen LogP contribution < -0.4 is 4.74 Å². The zero-order chi connectivity index (χ0) is 12.8. The molecule has 0 bridgehead atoms. The monoisotopic (exact) mass is 345 g/mol. The van der Waals surface area contributed by atoms with Crippen LogP contribution in [0, 0.1) is 0 Å². The normalized spacial score (nSPS) is 14.8. The summed E-state index contributed by atoms with van der Waals surface area (Å²) in [5.74, 6) is 1.82. The molecule has 5 heteroatoms. The number of benzene rings is 1. The molecule has 1 aromatic carbocycles. The highest BCUT2D eigenvalue weighted by Gasteiger charge is 2.14. The average Bonchev–Trinajstić information content (AvgIpc) is 2.90. The minimum atomic E-state index is 0.695. The summed E-state index contributed by atoms with van der Waals surface area (Å²) in [6.07, 6.45) is 2.55. The van der Waals surface area contributed by atoms with Gasteiger partial charge >= 0.3 is 0 Å². The van der Waals surface area contributed by atoms with E-state index in [9.17, 15) is 0 Å². The third kappa shape index (κ3) is 4.44. The first kappa shape index (κ1) is 14.2. The first-order valence-electron chi connectivity index (χ1n) is 6.06. The molecule has 18 heavy (non-hydrogen) atoms. The van der Waals surface area contributed by atoms with Gasteiger partial charge in [0.1, 0.15) is 10.1 Å². The fourth-order valence-corrected chi connectivity index (χ4v) is 3.21. The van der Waals surface area contributed by atoms with Gasteiger partial charge in [-0.25, -0.2) is 0 Å². The molecule has 0 spiro atoms. The largest absolute Gasteiger partial charge is 0.493 e. The lowest BCUT2D eigenvalue weighted by atomic mass is 10.3. The van der Waals surface area contributed by atoms with Gasteiger partial charge in [0.15, 0.2) is 0 Å². The van der Waals surface area contributed by atoms with Crippen molar-refractivity contribution in [2.45, 2.75) is 12.8 Å². The Morgan fingerprint density at radius 2 is 1.94 bits per heavy atom. The molecule has 0 amide bonds. The first-order chi connectivity index (χ1) is 8.75. The Labute approximate surface area is 126 Å². The number of rotatable bonds is 4. The molecule has 0 aliphatic carbocycles. The molecule has 1 aliphatic heterocycles. The molecule has 2 rings (SSSR count). The van der Waals surface area contributed by atoms with Crippen LogP contribution >= 0.6 is 39.9 Å². The summed E-state index contributed by atoms with van der Waals surface area (Å²) in [6.45, 7) is 2.94. The number of halogens is 1. The predicted molar refractivity (Wildman–Crippen MR) is 85.5 cm³/mol. The molecule has 1 fully saturated rings. The van der Waals surface area contributed by atoms with Crippen LogP contribution in [-0.2, 0) is 0 Å². The van der Waals surface area contributed by atoms with Crippen molar-refractivity contribution in [1.82, 2.24) is 4.90 Å². The van der Waals surface area contributed by atoms with Crippen molar-refractivity contribution in [1.29, 1.82) is 0 Å². The van der Waals surface area contributed by atoms with Crippen molar-refractivity contribution in [3.8, 4) is 5.75 Å². The number of likely N-dealkylation sites (tertiary alicyclic amines) is 1. The second-order valence-corrected chi connectivity index (χ2v) is 6.76. The molecule has 0 radical (unpaired) electrons. The van der Waals surface area contributed by atoms with Crippen molar-refractivity contribution in [2.24, 2.45) is 0 Å². The Bertz CT molecular complexity index is 390. The minimum absolute atomic E-state index is 0.695. The van der Waals surface area contributed by atoms with E-state index in [2.05, 4.69) is 20.8 Å². The average molecular weight is 346 g/mol.